The van der Waals surface area contributed by atoms with Crippen molar-refractivity contribution in [3.05, 3.63) is 77.2 Å². The second kappa shape index (κ2) is 15.9. The summed E-state index contributed by atoms with van der Waals surface area (Å²) in [5, 5.41) is 11.3. The van der Waals surface area contributed by atoms with Crippen LogP contribution in [0.4, 0.5) is 13.2 Å². The van der Waals surface area contributed by atoms with Crippen molar-refractivity contribution < 1.29 is 43.2 Å². The molecule has 3 nitrogen and oxygen atoms in total. The van der Waals surface area contributed by atoms with Gasteiger partial charge in [0.1, 0.15) is 0 Å². The summed E-state index contributed by atoms with van der Waals surface area (Å²) in [6, 6.07) is 13.8. The van der Waals surface area contributed by atoms with E-state index in [-0.39, 0.29) is 49.0 Å². The first kappa shape index (κ1) is 34.5. The zero-order valence-electron chi connectivity index (χ0n) is 23.6. The standard InChI is InChI=1S/C19H15F3N.C13H24O2.Ir/c1-12-7-13(2)9-16(8-12)18-17-4-3-14(11-19(20,21)22)10-15(17)5-6-23-18;1-5-10(6-2)12(14)9-13(15)11(7-3)8-4;/h3-8,10H,11H2,1-2H3;9-11,14H,5-8H2,1-4H3;/q-1;;. The van der Waals surface area contributed by atoms with Gasteiger partial charge in [-0.05, 0) is 53.8 Å². The van der Waals surface area contributed by atoms with E-state index in [0.29, 0.717) is 0 Å². The van der Waals surface area contributed by atoms with Crippen molar-refractivity contribution in [3.8, 4) is 11.3 Å². The second-order valence-corrected chi connectivity index (χ2v) is 9.76. The quantitative estimate of drug-likeness (QED) is 0.136. The van der Waals surface area contributed by atoms with E-state index in [1.54, 1.807) is 24.4 Å². The number of halogens is 3. The summed E-state index contributed by atoms with van der Waals surface area (Å²) in [4.78, 5) is 16.1. The van der Waals surface area contributed by atoms with E-state index in [1.165, 1.54) is 12.1 Å². The normalized spacial score (nSPS) is 11.8. The van der Waals surface area contributed by atoms with Crippen LogP contribution in [-0.4, -0.2) is 22.1 Å². The molecule has 2 aromatic carbocycles. The van der Waals surface area contributed by atoms with E-state index in [2.05, 4.69) is 11.1 Å². The minimum atomic E-state index is -4.20. The third kappa shape index (κ3) is 10.5. The van der Waals surface area contributed by atoms with Gasteiger partial charge in [-0.3, -0.25) is 4.79 Å². The molecule has 1 N–H and O–H groups in total. The molecule has 0 aliphatic carbocycles. The summed E-state index contributed by atoms with van der Waals surface area (Å²) in [5.41, 5.74) is 3.97. The van der Waals surface area contributed by atoms with Crippen LogP contribution < -0.4 is 0 Å². The summed E-state index contributed by atoms with van der Waals surface area (Å²) >= 11 is 0. The molecule has 0 amide bonds. The van der Waals surface area contributed by atoms with Crippen molar-refractivity contribution in [2.75, 3.05) is 0 Å². The van der Waals surface area contributed by atoms with E-state index in [0.717, 1.165) is 58.8 Å². The molecule has 1 heterocycles. The Morgan fingerprint density at radius 3 is 2.13 bits per heavy atom. The van der Waals surface area contributed by atoms with Gasteiger partial charge >= 0.3 is 6.18 Å². The molecule has 1 radical (unpaired) electrons. The minimum Gasteiger partial charge on any atom is -0.512 e. The molecule has 215 valence electrons. The van der Waals surface area contributed by atoms with Crippen molar-refractivity contribution in [1.29, 1.82) is 0 Å². The van der Waals surface area contributed by atoms with E-state index in [9.17, 15) is 23.1 Å². The van der Waals surface area contributed by atoms with Gasteiger partial charge in [0.25, 0.3) is 0 Å². The largest absolute Gasteiger partial charge is 0.512 e. The van der Waals surface area contributed by atoms with Gasteiger partial charge in [0.2, 0.25) is 0 Å². The Bertz CT molecular complexity index is 1230. The molecule has 0 bridgehead atoms. The van der Waals surface area contributed by atoms with E-state index in [4.69, 9.17) is 0 Å². The fraction of sp³-hybridized carbons (Fsp3) is 0.438. The van der Waals surface area contributed by atoms with Crippen LogP contribution in [0.15, 0.2) is 54.4 Å². The molecule has 0 saturated heterocycles. The van der Waals surface area contributed by atoms with Crippen molar-refractivity contribution in [1.82, 2.24) is 4.98 Å². The topological polar surface area (TPSA) is 50.2 Å². The van der Waals surface area contributed by atoms with E-state index < -0.39 is 12.6 Å². The van der Waals surface area contributed by atoms with Gasteiger partial charge in [0.15, 0.2) is 5.78 Å². The number of pyridine rings is 1. The molecule has 0 spiro atoms. The fourth-order valence-electron chi connectivity index (χ4n) is 4.59. The van der Waals surface area contributed by atoms with Crippen LogP contribution in [0, 0.1) is 31.7 Å². The Balaban J connectivity index is 0.000000418. The predicted octanol–water partition coefficient (Wildman–Crippen LogP) is 9.29. The summed E-state index contributed by atoms with van der Waals surface area (Å²) in [5.74, 6) is 0.547. The van der Waals surface area contributed by atoms with Crippen LogP contribution in [0.25, 0.3) is 22.0 Å². The first-order valence-corrected chi connectivity index (χ1v) is 13.3. The SMILES string of the molecule is CCC(CC)C(=O)C=C(O)C(CC)CC.Cc1[c-]c(-c2nccc3cc(CC(F)(F)F)ccc23)cc(C)c1.[Ir]. The van der Waals surface area contributed by atoms with Crippen molar-refractivity contribution >= 4 is 16.6 Å². The minimum absolute atomic E-state index is 0. The Hall–Kier alpha value is -2.50. The Morgan fingerprint density at radius 2 is 1.59 bits per heavy atom. The number of aliphatic hydroxyl groups is 1. The van der Waals surface area contributed by atoms with Crippen molar-refractivity contribution in [3.63, 3.8) is 0 Å². The zero-order chi connectivity index (χ0) is 28.5. The number of ketones is 1. The molecule has 3 rings (SSSR count). The van der Waals surface area contributed by atoms with Crippen LogP contribution in [0.2, 0.25) is 0 Å². The maximum Gasteiger partial charge on any atom is 0.393 e. The van der Waals surface area contributed by atoms with Gasteiger partial charge < -0.3 is 10.1 Å². The number of aliphatic hydroxyl groups excluding tert-OH is 1. The number of aryl methyl sites for hydroxylation is 2. The van der Waals surface area contributed by atoms with Gasteiger partial charge in [-0.15, -0.1) is 34.9 Å². The number of carbonyl (C=O) groups is 1. The van der Waals surface area contributed by atoms with Crippen LogP contribution in [0.3, 0.4) is 0 Å². The number of fused-ring (bicyclic) bond motifs is 1. The second-order valence-electron chi connectivity index (χ2n) is 9.76. The molecule has 0 unspecified atom stereocenters. The van der Waals surface area contributed by atoms with Crippen molar-refractivity contribution in [2.24, 2.45) is 11.8 Å². The van der Waals surface area contributed by atoms with E-state index in [1.807, 2.05) is 53.7 Å². The number of hydrogen-bond donors (Lipinski definition) is 1. The maximum absolute atomic E-state index is 12.6. The molecule has 1 aromatic heterocycles. The molecule has 0 atom stereocenters. The molecule has 3 aromatic rings. The summed E-state index contributed by atoms with van der Waals surface area (Å²) in [7, 11) is 0. The number of rotatable bonds is 9. The first-order chi connectivity index (χ1) is 17.9. The molecule has 0 aliphatic rings. The molecule has 0 aliphatic heterocycles. The van der Waals surface area contributed by atoms with Crippen molar-refractivity contribution in [2.45, 2.75) is 79.8 Å². The average molecular weight is 719 g/mol. The van der Waals surface area contributed by atoms with Crippen LogP contribution >= 0.6 is 0 Å². The smallest absolute Gasteiger partial charge is 0.393 e. The number of carbonyl (C=O) groups excluding carboxylic acids is 1. The molecule has 39 heavy (non-hydrogen) atoms. The van der Waals surface area contributed by atoms with Crippen LogP contribution in [0.5, 0.6) is 0 Å². The Morgan fingerprint density at radius 1 is 0.974 bits per heavy atom. The average Bonchev–Trinajstić information content (AvgIpc) is 2.84. The van der Waals surface area contributed by atoms with Crippen LogP contribution in [-0.2, 0) is 31.3 Å². The number of allylic oxidation sites excluding steroid dienone is 2. The third-order valence-corrected chi connectivity index (χ3v) is 6.72. The zero-order valence-corrected chi connectivity index (χ0v) is 26.0. The van der Waals surface area contributed by atoms with Gasteiger partial charge in [-0.2, -0.15) is 13.2 Å². The van der Waals surface area contributed by atoms with E-state index >= 15 is 0 Å². The Kier molecular flexibility index (Phi) is 14.1. The molecular weight excluding hydrogens is 680 g/mol. The number of hydrogen-bond acceptors (Lipinski definition) is 3. The van der Waals surface area contributed by atoms with Gasteiger partial charge in [0.05, 0.1) is 12.2 Å². The van der Waals surface area contributed by atoms with Gasteiger partial charge in [-0.1, -0.05) is 59.7 Å². The summed E-state index contributed by atoms with van der Waals surface area (Å²) in [6.07, 6.45) is 1.41. The molecule has 0 fully saturated rings. The number of alkyl halides is 3. The molecule has 7 heteroatoms. The van der Waals surface area contributed by atoms with Crippen LogP contribution in [0.1, 0.15) is 70.1 Å². The Labute approximate surface area is 244 Å². The van der Waals surface area contributed by atoms with Gasteiger partial charge in [-0.25, -0.2) is 0 Å². The number of aromatic nitrogens is 1. The number of benzene rings is 2. The summed E-state index contributed by atoms with van der Waals surface area (Å²) in [6.45, 7) is 12.0. The van der Waals surface area contributed by atoms with Gasteiger partial charge in [0, 0.05) is 44.2 Å². The molecular formula is C32H39F3IrNO2-. The monoisotopic (exact) mass is 719 g/mol. The molecule has 0 saturated carbocycles. The fourth-order valence-corrected chi connectivity index (χ4v) is 4.59. The first-order valence-electron chi connectivity index (χ1n) is 13.3. The summed E-state index contributed by atoms with van der Waals surface area (Å²) < 4.78 is 37.7. The maximum atomic E-state index is 12.6. The third-order valence-electron chi connectivity index (χ3n) is 6.72. The predicted molar refractivity (Wildman–Crippen MR) is 149 cm³/mol. The number of nitrogens with zero attached hydrogens (tertiary/aromatic N) is 1.